The zero-order chi connectivity index (χ0) is 13.0. The van der Waals surface area contributed by atoms with Crippen molar-refractivity contribution in [2.24, 2.45) is 0 Å². The smallest absolute Gasteiger partial charge is 0.165 e. The van der Waals surface area contributed by atoms with E-state index in [1.807, 2.05) is 0 Å². The van der Waals surface area contributed by atoms with Gasteiger partial charge in [-0.25, -0.2) is 4.39 Å². The fourth-order valence-corrected chi connectivity index (χ4v) is 2.17. The minimum atomic E-state index is -0.304. The maximum Gasteiger partial charge on any atom is 0.165 e. The molecular weight excluding hydrogens is 229 g/mol. The first-order valence-electron chi connectivity index (χ1n) is 6.52. The molecule has 1 N–H and O–H groups in total. The molecule has 1 aromatic carbocycles. The van der Waals surface area contributed by atoms with E-state index in [0.717, 1.165) is 31.2 Å². The number of fused-ring (bicyclic) bond motifs is 1. The van der Waals surface area contributed by atoms with Crippen LogP contribution in [0.3, 0.4) is 0 Å². The van der Waals surface area contributed by atoms with Crippen LogP contribution < -0.4 is 0 Å². The molecule has 3 heteroatoms. The van der Waals surface area contributed by atoms with E-state index in [1.54, 1.807) is 12.3 Å². The van der Waals surface area contributed by atoms with Gasteiger partial charge in [0.15, 0.2) is 5.78 Å². The molecule has 1 aromatic heterocycles. The number of carbonyl (C=O) groups is 1. The number of unbranched alkanes of at least 4 members (excludes halogenated alkanes) is 3. The third-order valence-corrected chi connectivity index (χ3v) is 3.20. The van der Waals surface area contributed by atoms with E-state index in [4.69, 9.17) is 0 Å². The quantitative estimate of drug-likeness (QED) is 0.593. The molecule has 0 saturated heterocycles. The minimum Gasteiger partial charge on any atom is -0.360 e. The molecule has 18 heavy (non-hydrogen) atoms. The first-order valence-corrected chi connectivity index (χ1v) is 6.52. The monoisotopic (exact) mass is 247 g/mol. The van der Waals surface area contributed by atoms with Crippen molar-refractivity contribution in [1.29, 1.82) is 0 Å². The number of carbonyl (C=O) groups excluding carboxylic acids is 1. The van der Waals surface area contributed by atoms with Crippen LogP contribution in [-0.4, -0.2) is 10.8 Å². The maximum absolute atomic E-state index is 13.2. The number of aromatic amines is 1. The molecule has 0 unspecified atom stereocenters. The second kappa shape index (κ2) is 5.80. The van der Waals surface area contributed by atoms with Crippen molar-refractivity contribution < 1.29 is 9.18 Å². The first-order chi connectivity index (χ1) is 8.72. The molecule has 2 nitrogen and oxygen atoms in total. The Labute approximate surface area is 106 Å². The largest absolute Gasteiger partial charge is 0.360 e. The summed E-state index contributed by atoms with van der Waals surface area (Å²) in [6.45, 7) is 2.14. The average molecular weight is 247 g/mol. The van der Waals surface area contributed by atoms with E-state index in [-0.39, 0.29) is 11.6 Å². The average Bonchev–Trinajstić information content (AvgIpc) is 2.77. The second-order valence-electron chi connectivity index (χ2n) is 4.63. The van der Waals surface area contributed by atoms with Crippen molar-refractivity contribution in [2.45, 2.75) is 39.0 Å². The van der Waals surface area contributed by atoms with E-state index in [1.165, 1.54) is 12.1 Å². The van der Waals surface area contributed by atoms with Crippen LogP contribution in [0.15, 0.2) is 24.4 Å². The normalized spacial score (nSPS) is 11.0. The lowest BCUT2D eigenvalue weighted by Gasteiger charge is -2.00. The van der Waals surface area contributed by atoms with Crippen LogP contribution in [0.25, 0.3) is 10.9 Å². The molecule has 0 aliphatic carbocycles. The van der Waals surface area contributed by atoms with Crippen molar-refractivity contribution in [3.05, 3.63) is 35.8 Å². The molecule has 0 saturated carbocycles. The Bertz CT molecular complexity index is 544. The Morgan fingerprint density at radius 2 is 2.11 bits per heavy atom. The maximum atomic E-state index is 13.2. The summed E-state index contributed by atoms with van der Waals surface area (Å²) in [5.41, 5.74) is 1.43. The predicted octanol–water partition coefficient (Wildman–Crippen LogP) is 4.46. The second-order valence-corrected chi connectivity index (χ2v) is 4.63. The van der Waals surface area contributed by atoms with Gasteiger partial charge in [0.1, 0.15) is 5.82 Å². The highest BCUT2D eigenvalue weighted by Gasteiger charge is 2.12. The Hall–Kier alpha value is -1.64. The van der Waals surface area contributed by atoms with Crippen LogP contribution in [0.4, 0.5) is 4.39 Å². The summed E-state index contributed by atoms with van der Waals surface area (Å²) in [5.74, 6) is -0.204. The standard InChI is InChI=1S/C15H18FNO/c1-2-3-4-5-6-15(18)13-10-17-14-8-7-11(16)9-12(13)14/h7-10,17H,2-6H2,1H3. The van der Waals surface area contributed by atoms with Gasteiger partial charge in [-0.3, -0.25) is 4.79 Å². The van der Waals surface area contributed by atoms with Gasteiger partial charge in [0, 0.05) is 29.1 Å². The number of aromatic nitrogens is 1. The van der Waals surface area contributed by atoms with E-state index in [2.05, 4.69) is 11.9 Å². The zero-order valence-corrected chi connectivity index (χ0v) is 10.6. The van der Waals surface area contributed by atoms with Gasteiger partial charge >= 0.3 is 0 Å². The van der Waals surface area contributed by atoms with E-state index < -0.39 is 0 Å². The molecule has 0 bridgehead atoms. The lowest BCUT2D eigenvalue weighted by molar-refractivity contribution is 0.0981. The molecule has 96 valence electrons. The highest BCUT2D eigenvalue weighted by molar-refractivity contribution is 6.07. The number of nitrogens with one attached hydrogen (secondary N) is 1. The summed E-state index contributed by atoms with van der Waals surface area (Å²) >= 11 is 0. The van der Waals surface area contributed by atoms with Crippen LogP contribution in [0.5, 0.6) is 0 Å². The Kier molecular flexibility index (Phi) is 4.13. The third kappa shape index (κ3) is 2.78. The third-order valence-electron chi connectivity index (χ3n) is 3.20. The number of halogens is 1. The summed E-state index contributed by atoms with van der Waals surface area (Å²) in [4.78, 5) is 15.1. The van der Waals surface area contributed by atoms with Gasteiger partial charge in [-0.2, -0.15) is 0 Å². The summed E-state index contributed by atoms with van der Waals surface area (Å²) in [5, 5.41) is 0.690. The predicted molar refractivity (Wildman–Crippen MR) is 71.3 cm³/mol. The number of hydrogen-bond acceptors (Lipinski definition) is 1. The molecule has 0 atom stereocenters. The van der Waals surface area contributed by atoms with E-state index in [0.29, 0.717) is 17.4 Å². The molecule has 2 rings (SSSR count). The molecule has 0 amide bonds. The topological polar surface area (TPSA) is 32.9 Å². The molecule has 1 heterocycles. The molecular formula is C15H18FNO. The van der Waals surface area contributed by atoms with Crippen molar-refractivity contribution in [3.63, 3.8) is 0 Å². The molecule has 2 aromatic rings. The van der Waals surface area contributed by atoms with Crippen LogP contribution in [0.2, 0.25) is 0 Å². The number of benzene rings is 1. The lowest BCUT2D eigenvalue weighted by atomic mass is 10.0. The number of hydrogen-bond donors (Lipinski definition) is 1. The van der Waals surface area contributed by atoms with Gasteiger partial charge in [0.05, 0.1) is 0 Å². The molecule has 0 radical (unpaired) electrons. The van der Waals surface area contributed by atoms with Gasteiger partial charge in [0.25, 0.3) is 0 Å². The van der Waals surface area contributed by atoms with Crippen molar-refractivity contribution >= 4 is 16.7 Å². The summed E-state index contributed by atoms with van der Waals surface area (Å²) in [6.07, 6.45) is 6.55. The first kappa shape index (κ1) is 12.8. The van der Waals surface area contributed by atoms with E-state index in [9.17, 15) is 9.18 Å². The summed E-state index contributed by atoms with van der Waals surface area (Å²) in [7, 11) is 0. The highest BCUT2D eigenvalue weighted by Crippen LogP contribution is 2.21. The minimum absolute atomic E-state index is 0.1000. The van der Waals surface area contributed by atoms with Crippen molar-refractivity contribution in [3.8, 4) is 0 Å². The summed E-state index contributed by atoms with van der Waals surface area (Å²) < 4.78 is 13.2. The van der Waals surface area contributed by atoms with Crippen LogP contribution in [-0.2, 0) is 0 Å². The number of rotatable bonds is 6. The zero-order valence-electron chi connectivity index (χ0n) is 10.6. The fourth-order valence-electron chi connectivity index (χ4n) is 2.17. The molecule has 0 fully saturated rings. The van der Waals surface area contributed by atoms with Gasteiger partial charge in [-0.15, -0.1) is 0 Å². The van der Waals surface area contributed by atoms with Crippen LogP contribution in [0, 0.1) is 5.82 Å². The number of H-pyrrole nitrogens is 1. The van der Waals surface area contributed by atoms with Gasteiger partial charge < -0.3 is 4.98 Å². The Morgan fingerprint density at radius 3 is 2.89 bits per heavy atom. The molecule has 0 aliphatic heterocycles. The number of Topliss-reactive ketones (excluding diaryl/α,β-unsaturated/α-hetero) is 1. The van der Waals surface area contributed by atoms with Crippen LogP contribution in [0.1, 0.15) is 49.4 Å². The van der Waals surface area contributed by atoms with Crippen molar-refractivity contribution in [1.82, 2.24) is 4.98 Å². The lowest BCUT2D eigenvalue weighted by Crippen LogP contribution is -1.97. The Balaban J connectivity index is 2.10. The van der Waals surface area contributed by atoms with Gasteiger partial charge in [-0.05, 0) is 24.6 Å². The molecule has 0 spiro atoms. The van der Waals surface area contributed by atoms with E-state index >= 15 is 0 Å². The number of ketones is 1. The highest BCUT2D eigenvalue weighted by atomic mass is 19.1. The van der Waals surface area contributed by atoms with Gasteiger partial charge in [0.2, 0.25) is 0 Å². The fraction of sp³-hybridized carbons (Fsp3) is 0.400. The Morgan fingerprint density at radius 1 is 1.28 bits per heavy atom. The van der Waals surface area contributed by atoms with Gasteiger partial charge in [-0.1, -0.05) is 26.2 Å². The molecule has 0 aliphatic rings. The van der Waals surface area contributed by atoms with Crippen molar-refractivity contribution in [2.75, 3.05) is 0 Å². The SMILES string of the molecule is CCCCCCC(=O)c1c[nH]c2ccc(F)cc12. The summed E-state index contributed by atoms with van der Waals surface area (Å²) in [6, 6.07) is 4.48. The van der Waals surface area contributed by atoms with Crippen LogP contribution >= 0.6 is 0 Å².